The lowest BCUT2D eigenvalue weighted by Gasteiger charge is -2.04. The van der Waals surface area contributed by atoms with Crippen LogP contribution in [0.1, 0.15) is 0 Å². The Hall–Kier alpha value is -0.460. The fourth-order valence-electron chi connectivity index (χ4n) is 0.677. The number of nitrogens with zero attached hydrogens (tertiary/aromatic N) is 2. The Bertz CT molecular complexity index is 324. The van der Waals surface area contributed by atoms with Crippen LogP contribution >= 0.6 is 23.4 Å². The molecule has 2 N–H and O–H groups in total. The number of aromatic nitrogens is 3. The highest BCUT2D eigenvalue weighted by Crippen LogP contribution is 2.13. The second kappa shape index (κ2) is 4.69. The zero-order chi connectivity index (χ0) is 9.84. The van der Waals surface area contributed by atoms with E-state index in [-0.39, 0.29) is 11.6 Å². The Morgan fingerprint density at radius 3 is 3.00 bits per heavy atom. The molecular weight excluding hydrogens is 214 g/mol. The summed E-state index contributed by atoms with van der Waals surface area (Å²) in [5, 5.41) is 15.7. The molecule has 0 aliphatic carbocycles. The molecule has 0 radical (unpaired) electrons. The van der Waals surface area contributed by atoms with Gasteiger partial charge in [0.15, 0.2) is 5.16 Å². The Labute approximate surface area is 84.1 Å². The highest BCUT2D eigenvalue weighted by atomic mass is 35.5. The third-order valence-corrected chi connectivity index (χ3v) is 2.95. The predicted molar refractivity (Wildman–Crippen MR) is 51.3 cm³/mol. The van der Waals surface area contributed by atoms with Gasteiger partial charge < -0.3 is 5.11 Å². The maximum absolute atomic E-state index is 10.9. The predicted octanol–water partition coefficient (Wildman–Crippen LogP) is -0.200. The largest absolute Gasteiger partial charge is 0.391 e. The first kappa shape index (κ1) is 10.6. The van der Waals surface area contributed by atoms with Crippen LogP contribution in [0, 0.1) is 0 Å². The van der Waals surface area contributed by atoms with Crippen molar-refractivity contribution in [2.24, 2.45) is 7.05 Å². The van der Waals surface area contributed by atoms with Crippen molar-refractivity contribution in [1.29, 1.82) is 0 Å². The number of alkyl halides is 1. The summed E-state index contributed by atoms with van der Waals surface area (Å²) in [6.45, 7) is 0. The van der Waals surface area contributed by atoms with Gasteiger partial charge in [-0.25, -0.2) is 9.89 Å². The van der Waals surface area contributed by atoms with Crippen molar-refractivity contribution in [2.75, 3.05) is 11.6 Å². The molecule has 0 bridgehead atoms. The molecule has 1 aromatic rings. The topological polar surface area (TPSA) is 70.9 Å². The Morgan fingerprint density at radius 1 is 1.85 bits per heavy atom. The van der Waals surface area contributed by atoms with Crippen LogP contribution in [0.25, 0.3) is 0 Å². The molecule has 0 aromatic carbocycles. The fraction of sp³-hybridized carbons (Fsp3) is 0.667. The van der Waals surface area contributed by atoms with E-state index in [1.165, 1.54) is 16.3 Å². The summed E-state index contributed by atoms with van der Waals surface area (Å²) in [6, 6.07) is 0. The first-order valence-electron chi connectivity index (χ1n) is 3.63. The van der Waals surface area contributed by atoms with Crippen LogP contribution in [0.15, 0.2) is 9.95 Å². The van der Waals surface area contributed by atoms with E-state index in [1.807, 2.05) is 0 Å². The van der Waals surface area contributed by atoms with Crippen molar-refractivity contribution < 1.29 is 5.11 Å². The summed E-state index contributed by atoms with van der Waals surface area (Å²) in [5.74, 6) is 0.618. The zero-order valence-corrected chi connectivity index (χ0v) is 8.60. The molecule has 7 heteroatoms. The number of hydrogen-bond acceptors (Lipinski definition) is 4. The maximum Gasteiger partial charge on any atom is 0.343 e. The van der Waals surface area contributed by atoms with Gasteiger partial charge in [0.05, 0.1) is 6.10 Å². The molecule has 1 atom stereocenters. The molecule has 1 heterocycles. The van der Waals surface area contributed by atoms with Crippen molar-refractivity contribution >= 4 is 23.4 Å². The molecule has 1 aromatic heterocycles. The number of aliphatic hydroxyl groups excluding tert-OH is 1. The lowest BCUT2D eigenvalue weighted by molar-refractivity contribution is 0.223. The minimum atomic E-state index is -0.571. The summed E-state index contributed by atoms with van der Waals surface area (Å²) >= 11 is 6.69. The van der Waals surface area contributed by atoms with Crippen molar-refractivity contribution in [3.63, 3.8) is 0 Å². The SMILES string of the molecule is Cn1c(SCC(O)CCl)n[nH]c1=O. The molecule has 1 unspecified atom stereocenters. The minimum absolute atomic E-state index is 0.186. The monoisotopic (exact) mass is 223 g/mol. The van der Waals surface area contributed by atoms with Crippen molar-refractivity contribution in [3.8, 4) is 0 Å². The Morgan fingerprint density at radius 2 is 2.54 bits per heavy atom. The van der Waals surface area contributed by atoms with E-state index >= 15 is 0 Å². The molecule has 1 rings (SSSR count). The maximum atomic E-state index is 10.9. The van der Waals surface area contributed by atoms with E-state index in [1.54, 1.807) is 7.05 Å². The average Bonchev–Trinajstić information content (AvgIpc) is 2.44. The van der Waals surface area contributed by atoms with Gasteiger partial charge in [0.25, 0.3) is 0 Å². The molecule has 0 saturated heterocycles. The van der Waals surface area contributed by atoms with E-state index in [0.29, 0.717) is 10.9 Å². The van der Waals surface area contributed by atoms with E-state index in [2.05, 4.69) is 10.2 Å². The summed E-state index contributed by atoms with van der Waals surface area (Å²) < 4.78 is 1.38. The molecule has 0 aliphatic rings. The van der Waals surface area contributed by atoms with Crippen molar-refractivity contribution in [3.05, 3.63) is 10.5 Å². The molecule has 0 fully saturated rings. The van der Waals surface area contributed by atoms with Gasteiger partial charge in [0.1, 0.15) is 0 Å². The van der Waals surface area contributed by atoms with Gasteiger partial charge in [-0.2, -0.15) is 0 Å². The van der Waals surface area contributed by atoms with Crippen molar-refractivity contribution in [2.45, 2.75) is 11.3 Å². The quantitative estimate of drug-likeness (QED) is 0.548. The van der Waals surface area contributed by atoms with E-state index in [0.717, 1.165) is 0 Å². The normalized spacial score (nSPS) is 13.2. The van der Waals surface area contributed by atoms with Crippen LogP contribution in [0.5, 0.6) is 0 Å². The average molecular weight is 224 g/mol. The number of hydrogen-bond donors (Lipinski definition) is 2. The van der Waals surface area contributed by atoms with Crippen LogP contribution < -0.4 is 5.69 Å². The third-order valence-electron chi connectivity index (χ3n) is 1.42. The molecule has 0 saturated carbocycles. The second-order valence-electron chi connectivity index (χ2n) is 2.49. The van der Waals surface area contributed by atoms with Crippen LogP contribution in [0.4, 0.5) is 0 Å². The highest BCUT2D eigenvalue weighted by Gasteiger charge is 2.08. The van der Waals surface area contributed by atoms with Gasteiger partial charge >= 0.3 is 5.69 Å². The van der Waals surface area contributed by atoms with E-state index in [4.69, 9.17) is 16.7 Å². The Kier molecular flexibility index (Phi) is 3.83. The third kappa shape index (κ3) is 2.75. The first-order valence-corrected chi connectivity index (χ1v) is 5.15. The molecule has 0 spiro atoms. The van der Waals surface area contributed by atoms with E-state index in [9.17, 15) is 4.79 Å². The van der Waals surface area contributed by atoms with Gasteiger partial charge in [0.2, 0.25) is 0 Å². The zero-order valence-electron chi connectivity index (χ0n) is 7.03. The van der Waals surface area contributed by atoms with Gasteiger partial charge in [-0.3, -0.25) is 4.57 Å². The Balaban J connectivity index is 2.55. The number of aromatic amines is 1. The molecule has 5 nitrogen and oxygen atoms in total. The highest BCUT2D eigenvalue weighted by molar-refractivity contribution is 7.99. The molecule has 13 heavy (non-hydrogen) atoms. The lowest BCUT2D eigenvalue weighted by atomic mass is 10.5. The van der Waals surface area contributed by atoms with Crippen LogP contribution in [0.3, 0.4) is 0 Å². The van der Waals surface area contributed by atoms with Gasteiger partial charge in [-0.1, -0.05) is 11.8 Å². The number of aliphatic hydroxyl groups is 1. The van der Waals surface area contributed by atoms with Gasteiger partial charge in [0, 0.05) is 18.7 Å². The summed E-state index contributed by atoms with van der Waals surface area (Å²) in [5.41, 5.74) is -0.261. The number of rotatable bonds is 4. The van der Waals surface area contributed by atoms with Crippen LogP contribution in [-0.2, 0) is 7.05 Å². The summed E-state index contributed by atoms with van der Waals surface area (Å²) in [6.07, 6.45) is -0.571. The number of halogens is 1. The first-order chi connectivity index (χ1) is 6.15. The molecule has 0 amide bonds. The van der Waals surface area contributed by atoms with Gasteiger partial charge in [-0.15, -0.1) is 16.7 Å². The van der Waals surface area contributed by atoms with E-state index < -0.39 is 6.10 Å². The second-order valence-corrected chi connectivity index (χ2v) is 3.79. The lowest BCUT2D eigenvalue weighted by Crippen LogP contribution is -2.15. The molecule has 0 aliphatic heterocycles. The number of thioether (sulfide) groups is 1. The standard InChI is InChI=1S/C6H10ClN3O2S/c1-10-5(12)8-9-6(10)13-3-4(11)2-7/h4,11H,2-3H2,1H3,(H,8,12). The fourth-order valence-corrected chi connectivity index (χ4v) is 1.76. The molecule has 74 valence electrons. The summed E-state index contributed by atoms with van der Waals surface area (Å²) in [4.78, 5) is 10.9. The molecular formula is C6H10ClN3O2S. The van der Waals surface area contributed by atoms with Crippen LogP contribution in [0.2, 0.25) is 0 Å². The number of H-pyrrole nitrogens is 1. The van der Waals surface area contributed by atoms with Gasteiger partial charge in [-0.05, 0) is 0 Å². The number of nitrogens with one attached hydrogen (secondary N) is 1. The summed E-state index contributed by atoms with van der Waals surface area (Å²) in [7, 11) is 1.61. The van der Waals surface area contributed by atoms with Crippen molar-refractivity contribution in [1.82, 2.24) is 14.8 Å². The van der Waals surface area contributed by atoms with Crippen LogP contribution in [-0.4, -0.2) is 37.6 Å². The minimum Gasteiger partial charge on any atom is -0.391 e. The smallest absolute Gasteiger partial charge is 0.343 e.